The van der Waals surface area contributed by atoms with E-state index in [9.17, 15) is 9.59 Å². The first-order chi connectivity index (χ1) is 12.2. The Bertz CT molecular complexity index is 667. The molecular formula is C20H28ClN3O2. The standard InChI is InChI=1S/C20H27N3O2.ClH/c24-19(21-18-6-7-18)14-22-8-10-23(11-9-22)20(25)13-15-4-5-16-2-1-3-17(16)12-15;/h4-5,12,18H,1-3,6-11,13-14H2,(H,21,24);1H. The predicted molar refractivity (Wildman–Crippen MR) is 104 cm³/mol. The molecule has 0 bridgehead atoms. The molecule has 3 aliphatic rings. The molecule has 4 rings (SSSR count). The molecule has 26 heavy (non-hydrogen) atoms. The van der Waals surface area contributed by atoms with Gasteiger partial charge in [0.25, 0.3) is 0 Å². The molecule has 2 amide bonds. The Labute approximate surface area is 161 Å². The van der Waals surface area contributed by atoms with Crippen LogP contribution < -0.4 is 5.32 Å². The zero-order valence-corrected chi connectivity index (χ0v) is 16.0. The molecule has 0 unspecified atom stereocenters. The number of nitrogens with one attached hydrogen (secondary N) is 1. The van der Waals surface area contributed by atoms with Crippen LogP contribution in [0.3, 0.4) is 0 Å². The topological polar surface area (TPSA) is 52.7 Å². The van der Waals surface area contributed by atoms with Crippen LogP contribution >= 0.6 is 12.4 Å². The van der Waals surface area contributed by atoms with Crippen molar-refractivity contribution in [3.63, 3.8) is 0 Å². The van der Waals surface area contributed by atoms with Crippen LogP contribution in [0.1, 0.15) is 36.0 Å². The minimum absolute atomic E-state index is 0. The number of carbonyl (C=O) groups is 2. The summed E-state index contributed by atoms with van der Waals surface area (Å²) in [4.78, 5) is 28.6. The van der Waals surface area contributed by atoms with Crippen LogP contribution in [0.4, 0.5) is 0 Å². The lowest BCUT2D eigenvalue weighted by Crippen LogP contribution is -2.51. The van der Waals surface area contributed by atoms with Gasteiger partial charge in [0.2, 0.25) is 11.8 Å². The maximum atomic E-state index is 12.6. The molecule has 1 N–H and O–H groups in total. The molecule has 2 aliphatic carbocycles. The molecule has 2 fully saturated rings. The van der Waals surface area contributed by atoms with Crippen LogP contribution in [-0.2, 0) is 28.9 Å². The van der Waals surface area contributed by atoms with Gasteiger partial charge in [-0.3, -0.25) is 14.5 Å². The second-order valence-electron chi connectivity index (χ2n) is 7.63. The maximum Gasteiger partial charge on any atom is 0.234 e. The molecule has 5 nitrogen and oxygen atoms in total. The Balaban J connectivity index is 0.00000196. The van der Waals surface area contributed by atoms with E-state index in [-0.39, 0.29) is 24.2 Å². The predicted octanol–water partition coefficient (Wildman–Crippen LogP) is 1.56. The highest BCUT2D eigenvalue weighted by Gasteiger charge is 2.26. The zero-order chi connectivity index (χ0) is 17.2. The summed E-state index contributed by atoms with van der Waals surface area (Å²) < 4.78 is 0. The van der Waals surface area contributed by atoms with E-state index in [1.54, 1.807) is 0 Å². The summed E-state index contributed by atoms with van der Waals surface area (Å²) in [6.45, 7) is 3.48. The number of hydrogen-bond donors (Lipinski definition) is 1. The van der Waals surface area contributed by atoms with E-state index < -0.39 is 0 Å². The second kappa shape index (κ2) is 8.40. The fraction of sp³-hybridized carbons (Fsp3) is 0.600. The zero-order valence-electron chi connectivity index (χ0n) is 15.2. The first kappa shape index (κ1) is 19.2. The molecule has 0 aromatic heterocycles. The summed E-state index contributed by atoms with van der Waals surface area (Å²) in [6, 6.07) is 6.95. The van der Waals surface area contributed by atoms with Crippen LogP contribution in [-0.4, -0.2) is 60.4 Å². The first-order valence-corrected chi connectivity index (χ1v) is 9.57. The number of aryl methyl sites for hydroxylation is 2. The van der Waals surface area contributed by atoms with Gasteiger partial charge in [-0.25, -0.2) is 0 Å². The quantitative estimate of drug-likeness (QED) is 0.847. The van der Waals surface area contributed by atoms with Crippen LogP contribution in [0.2, 0.25) is 0 Å². The lowest BCUT2D eigenvalue weighted by molar-refractivity contribution is -0.132. The lowest BCUT2D eigenvalue weighted by Gasteiger charge is -2.34. The third-order valence-electron chi connectivity index (χ3n) is 5.55. The van der Waals surface area contributed by atoms with Crippen LogP contribution in [0.5, 0.6) is 0 Å². The van der Waals surface area contributed by atoms with Gasteiger partial charge in [0.15, 0.2) is 0 Å². The van der Waals surface area contributed by atoms with Gasteiger partial charge in [-0.1, -0.05) is 18.2 Å². The number of benzene rings is 1. The average Bonchev–Trinajstić information content (AvgIpc) is 3.29. The van der Waals surface area contributed by atoms with E-state index in [2.05, 4.69) is 28.4 Å². The molecule has 142 valence electrons. The van der Waals surface area contributed by atoms with Gasteiger partial charge >= 0.3 is 0 Å². The number of piperazine rings is 1. The van der Waals surface area contributed by atoms with Gasteiger partial charge < -0.3 is 10.2 Å². The lowest BCUT2D eigenvalue weighted by atomic mass is 10.0. The molecule has 1 aliphatic heterocycles. The number of hydrogen-bond acceptors (Lipinski definition) is 3. The molecule has 6 heteroatoms. The Morgan fingerprint density at radius 2 is 1.77 bits per heavy atom. The molecule has 0 radical (unpaired) electrons. The molecule has 0 spiro atoms. The number of fused-ring (bicyclic) bond motifs is 1. The molecule has 1 aromatic rings. The van der Waals surface area contributed by atoms with Crippen molar-refractivity contribution in [3.05, 3.63) is 34.9 Å². The maximum absolute atomic E-state index is 12.6. The molecule has 1 saturated heterocycles. The summed E-state index contributed by atoms with van der Waals surface area (Å²) in [5, 5.41) is 3.03. The molecule has 1 aromatic carbocycles. The summed E-state index contributed by atoms with van der Waals surface area (Å²) in [5.41, 5.74) is 4.02. The Morgan fingerprint density at radius 1 is 1.04 bits per heavy atom. The highest BCUT2D eigenvalue weighted by Crippen LogP contribution is 2.23. The molecule has 1 saturated carbocycles. The normalized spacial score (nSPS) is 19.6. The number of amides is 2. The second-order valence-corrected chi connectivity index (χ2v) is 7.63. The van der Waals surface area contributed by atoms with Gasteiger partial charge in [-0.2, -0.15) is 0 Å². The van der Waals surface area contributed by atoms with Crippen molar-refractivity contribution >= 4 is 24.2 Å². The molecular weight excluding hydrogens is 350 g/mol. The molecule has 1 heterocycles. The Morgan fingerprint density at radius 3 is 2.50 bits per heavy atom. The third kappa shape index (κ3) is 4.77. The van der Waals surface area contributed by atoms with Crippen LogP contribution in [0.25, 0.3) is 0 Å². The Hall–Kier alpha value is -1.59. The summed E-state index contributed by atoms with van der Waals surface area (Å²) >= 11 is 0. The summed E-state index contributed by atoms with van der Waals surface area (Å²) in [5.74, 6) is 0.334. The van der Waals surface area contributed by atoms with Crippen molar-refractivity contribution < 1.29 is 9.59 Å². The third-order valence-corrected chi connectivity index (χ3v) is 5.55. The van der Waals surface area contributed by atoms with Gasteiger partial charge in [0.05, 0.1) is 13.0 Å². The van der Waals surface area contributed by atoms with Crippen molar-refractivity contribution in [1.29, 1.82) is 0 Å². The summed E-state index contributed by atoms with van der Waals surface area (Å²) in [7, 11) is 0. The van der Waals surface area contributed by atoms with Gasteiger partial charge in [0.1, 0.15) is 0 Å². The van der Waals surface area contributed by atoms with Crippen LogP contribution in [0, 0.1) is 0 Å². The average molecular weight is 378 g/mol. The SMILES string of the molecule is Cl.O=C(CN1CCN(C(=O)Cc2ccc3c(c2)CCC3)CC1)NC1CC1. The smallest absolute Gasteiger partial charge is 0.234 e. The minimum Gasteiger partial charge on any atom is -0.352 e. The van der Waals surface area contributed by atoms with Crippen molar-refractivity contribution in [2.75, 3.05) is 32.7 Å². The number of halogens is 1. The minimum atomic E-state index is 0. The number of nitrogens with zero attached hydrogens (tertiary/aromatic N) is 2. The summed E-state index contributed by atoms with van der Waals surface area (Å²) in [6.07, 6.45) is 6.31. The fourth-order valence-corrected chi connectivity index (χ4v) is 3.88. The Kier molecular flexibility index (Phi) is 6.20. The van der Waals surface area contributed by atoms with Gasteiger partial charge in [-0.05, 0) is 48.8 Å². The van der Waals surface area contributed by atoms with E-state index in [1.165, 1.54) is 24.0 Å². The molecule has 0 atom stereocenters. The van der Waals surface area contributed by atoms with E-state index >= 15 is 0 Å². The van der Waals surface area contributed by atoms with E-state index in [0.29, 0.717) is 19.0 Å². The van der Waals surface area contributed by atoms with Crippen LogP contribution in [0.15, 0.2) is 18.2 Å². The monoisotopic (exact) mass is 377 g/mol. The van der Waals surface area contributed by atoms with E-state index in [4.69, 9.17) is 0 Å². The number of carbonyl (C=O) groups excluding carboxylic acids is 2. The van der Waals surface area contributed by atoms with Crippen molar-refractivity contribution in [2.45, 2.75) is 44.6 Å². The van der Waals surface area contributed by atoms with Gasteiger partial charge in [0, 0.05) is 32.2 Å². The largest absolute Gasteiger partial charge is 0.352 e. The number of rotatable bonds is 5. The highest BCUT2D eigenvalue weighted by atomic mass is 35.5. The van der Waals surface area contributed by atoms with Gasteiger partial charge in [-0.15, -0.1) is 12.4 Å². The first-order valence-electron chi connectivity index (χ1n) is 9.57. The highest BCUT2D eigenvalue weighted by molar-refractivity contribution is 5.85. The van der Waals surface area contributed by atoms with Crippen molar-refractivity contribution in [1.82, 2.24) is 15.1 Å². The van der Waals surface area contributed by atoms with Crippen molar-refractivity contribution in [2.24, 2.45) is 0 Å². The van der Waals surface area contributed by atoms with Crippen molar-refractivity contribution in [3.8, 4) is 0 Å². The van der Waals surface area contributed by atoms with E-state index in [0.717, 1.165) is 51.0 Å². The van der Waals surface area contributed by atoms with E-state index in [1.807, 2.05) is 4.90 Å². The fourth-order valence-electron chi connectivity index (χ4n) is 3.88.